The summed E-state index contributed by atoms with van der Waals surface area (Å²) in [5.74, 6) is 2.40. The van der Waals surface area contributed by atoms with Crippen LogP contribution < -0.4 is 0 Å². The Bertz CT molecular complexity index is 801. The zero-order valence-corrected chi connectivity index (χ0v) is 22.7. The molecule has 0 radical (unpaired) electrons. The highest BCUT2D eigenvalue weighted by molar-refractivity contribution is 5.29. The summed E-state index contributed by atoms with van der Waals surface area (Å²) >= 11 is 0. The Morgan fingerprint density at radius 3 is 1.81 bits per heavy atom. The van der Waals surface area contributed by atoms with Gasteiger partial charge in [0.25, 0.3) is 0 Å². The van der Waals surface area contributed by atoms with Crippen molar-refractivity contribution < 1.29 is 18.3 Å². The molecule has 0 spiro atoms. The van der Waals surface area contributed by atoms with Crippen molar-refractivity contribution in [1.82, 2.24) is 4.90 Å². The first kappa shape index (κ1) is 28.5. The van der Waals surface area contributed by atoms with Gasteiger partial charge < -0.3 is 5.11 Å². The van der Waals surface area contributed by atoms with Crippen molar-refractivity contribution in [1.29, 1.82) is 0 Å². The maximum atomic E-state index is 13.3. The van der Waals surface area contributed by atoms with Gasteiger partial charge in [-0.05, 0) is 86.6 Å². The number of hydrogen-bond acceptors (Lipinski definition) is 2. The molecule has 3 atom stereocenters. The van der Waals surface area contributed by atoms with Gasteiger partial charge in [-0.25, -0.2) is 0 Å². The van der Waals surface area contributed by atoms with Crippen LogP contribution in [-0.4, -0.2) is 29.1 Å². The van der Waals surface area contributed by atoms with E-state index < -0.39 is 11.7 Å². The number of rotatable bonds is 10. The highest BCUT2D eigenvalue weighted by Crippen LogP contribution is 2.43. The maximum absolute atomic E-state index is 13.3. The molecule has 0 heterocycles. The van der Waals surface area contributed by atoms with E-state index in [1.807, 2.05) is 0 Å². The largest absolute Gasteiger partial charge is 0.513 e. The number of aliphatic hydroxyl groups is 1. The minimum absolute atomic E-state index is 0.193. The SMILES string of the molecule is C=C(O)CC1CCC(N(CCC2CCCCC2)CCC2CCCCC2)C(c2ccc(C(F)(F)F)cc2)C1. The molecule has 3 fully saturated rings. The van der Waals surface area contributed by atoms with E-state index >= 15 is 0 Å². The summed E-state index contributed by atoms with van der Waals surface area (Å²) in [6.45, 7) is 5.94. The van der Waals surface area contributed by atoms with Crippen molar-refractivity contribution in [3.8, 4) is 0 Å². The summed E-state index contributed by atoms with van der Waals surface area (Å²) in [7, 11) is 0. The molecule has 2 nitrogen and oxygen atoms in total. The van der Waals surface area contributed by atoms with Crippen LogP contribution in [0.15, 0.2) is 36.6 Å². The van der Waals surface area contributed by atoms with E-state index in [2.05, 4.69) is 11.5 Å². The van der Waals surface area contributed by atoms with Crippen LogP contribution in [0.3, 0.4) is 0 Å². The third-order valence-electron chi connectivity index (χ3n) is 9.68. The topological polar surface area (TPSA) is 23.5 Å². The minimum Gasteiger partial charge on any atom is -0.513 e. The molecule has 3 aliphatic carbocycles. The average molecular weight is 520 g/mol. The summed E-state index contributed by atoms with van der Waals surface area (Å²) < 4.78 is 39.8. The molecule has 0 aliphatic heterocycles. The molecule has 0 amide bonds. The maximum Gasteiger partial charge on any atom is 0.416 e. The first-order chi connectivity index (χ1) is 17.8. The molecular weight excluding hydrogens is 471 g/mol. The fraction of sp³-hybridized carbons (Fsp3) is 0.750. The van der Waals surface area contributed by atoms with Gasteiger partial charge >= 0.3 is 6.18 Å². The van der Waals surface area contributed by atoms with Gasteiger partial charge in [-0.1, -0.05) is 82.9 Å². The molecule has 5 heteroatoms. The average Bonchev–Trinajstić information content (AvgIpc) is 2.89. The predicted octanol–water partition coefficient (Wildman–Crippen LogP) is 9.66. The number of alkyl halides is 3. The Morgan fingerprint density at radius 2 is 1.32 bits per heavy atom. The molecule has 0 saturated heterocycles. The molecule has 3 aliphatic rings. The Morgan fingerprint density at radius 1 is 0.784 bits per heavy atom. The Kier molecular flexibility index (Phi) is 10.4. The van der Waals surface area contributed by atoms with Crippen LogP contribution in [0.25, 0.3) is 0 Å². The molecule has 0 aromatic heterocycles. The second kappa shape index (κ2) is 13.5. The van der Waals surface area contributed by atoms with Gasteiger partial charge in [0.2, 0.25) is 0 Å². The first-order valence-corrected chi connectivity index (χ1v) is 15.1. The van der Waals surface area contributed by atoms with Crippen molar-refractivity contribution in [2.24, 2.45) is 17.8 Å². The second-order valence-electron chi connectivity index (χ2n) is 12.4. The Labute approximate surface area is 222 Å². The number of nitrogens with zero attached hydrogens (tertiary/aromatic N) is 1. The highest BCUT2D eigenvalue weighted by atomic mass is 19.4. The summed E-state index contributed by atoms with van der Waals surface area (Å²) in [5, 5.41) is 9.89. The van der Waals surface area contributed by atoms with Crippen molar-refractivity contribution in [3.63, 3.8) is 0 Å². The highest BCUT2D eigenvalue weighted by Gasteiger charge is 2.37. The van der Waals surface area contributed by atoms with Crippen molar-refractivity contribution in [2.45, 2.75) is 121 Å². The smallest absolute Gasteiger partial charge is 0.416 e. The van der Waals surface area contributed by atoms with E-state index in [0.29, 0.717) is 18.4 Å². The zero-order chi connectivity index (χ0) is 26.3. The Balaban J connectivity index is 1.53. The summed E-state index contributed by atoms with van der Waals surface area (Å²) in [6.07, 6.45) is 15.3. The number of benzene rings is 1. The molecule has 1 aromatic rings. The summed E-state index contributed by atoms with van der Waals surface area (Å²) in [5.41, 5.74) is 0.446. The van der Waals surface area contributed by atoms with Gasteiger partial charge in [0.1, 0.15) is 0 Å². The molecule has 3 saturated carbocycles. The molecular formula is C32H48F3NO. The standard InChI is InChI=1S/C32H48F3NO/c1-24(37)22-27-12-17-31(30(23-27)28-13-15-29(16-14-28)32(33,34)35)36(20-18-25-8-4-2-5-9-25)21-19-26-10-6-3-7-11-26/h13-16,25-27,30-31,37H,1-12,17-23H2. The molecule has 37 heavy (non-hydrogen) atoms. The number of allylic oxidation sites excluding steroid dienone is 1. The molecule has 4 rings (SSSR count). The van der Waals surface area contributed by atoms with Gasteiger partial charge in [0.15, 0.2) is 0 Å². The molecule has 208 valence electrons. The van der Waals surface area contributed by atoms with E-state index in [0.717, 1.165) is 49.8 Å². The van der Waals surface area contributed by atoms with Crippen molar-refractivity contribution >= 4 is 0 Å². The molecule has 0 bridgehead atoms. The number of aliphatic hydroxyl groups excluding tert-OH is 1. The van der Waals surface area contributed by atoms with Crippen LogP contribution in [0.5, 0.6) is 0 Å². The zero-order valence-electron chi connectivity index (χ0n) is 22.7. The second-order valence-corrected chi connectivity index (χ2v) is 12.4. The fourth-order valence-corrected chi connectivity index (χ4v) is 7.57. The molecule has 3 unspecified atom stereocenters. The van der Waals surface area contributed by atoms with Gasteiger partial charge in [-0.15, -0.1) is 0 Å². The number of hydrogen-bond donors (Lipinski definition) is 1. The third-order valence-corrected chi connectivity index (χ3v) is 9.68. The van der Waals surface area contributed by atoms with Gasteiger partial charge in [-0.3, -0.25) is 4.90 Å². The fourth-order valence-electron chi connectivity index (χ4n) is 7.57. The molecule has 1 aromatic carbocycles. The van der Waals surface area contributed by atoms with Crippen LogP contribution in [-0.2, 0) is 6.18 Å². The quantitative estimate of drug-likeness (QED) is 0.311. The predicted molar refractivity (Wildman–Crippen MR) is 146 cm³/mol. The van der Waals surface area contributed by atoms with E-state index in [1.165, 1.54) is 89.2 Å². The van der Waals surface area contributed by atoms with E-state index in [-0.39, 0.29) is 11.7 Å². The van der Waals surface area contributed by atoms with Crippen LogP contribution in [0.2, 0.25) is 0 Å². The van der Waals surface area contributed by atoms with Gasteiger partial charge in [0.05, 0.1) is 11.3 Å². The summed E-state index contributed by atoms with van der Waals surface area (Å²) in [4.78, 5) is 2.75. The van der Waals surface area contributed by atoms with Crippen LogP contribution in [0.1, 0.15) is 120 Å². The van der Waals surface area contributed by atoms with Crippen LogP contribution in [0, 0.1) is 17.8 Å². The Hall–Kier alpha value is -1.49. The monoisotopic (exact) mass is 519 g/mol. The van der Waals surface area contributed by atoms with Crippen molar-refractivity contribution in [2.75, 3.05) is 13.1 Å². The first-order valence-electron chi connectivity index (χ1n) is 15.1. The minimum atomic E-state index is -4.31. The lowest BCUT2D eigenvalue weighted by molar-refractivity contribution is -0.137. The third kappa shape index (κ3) is 8.50. The van der Waals surface area contributed by atoms with Crippen LogP contribution in [0.4, 0.5) is 13.2 Å². The van der Waals surface area contributed by atoms with Gasteiger partial charge in [-0.2, -0.15) is 13.2 Å². The lowest BCUT2D eigenvalue weighted by Crippen LogP contribution is -2.45. The van der Waals surface area contributed by atoms with Gasteiger partial charge in [0, 0.05) is 12.5 Å². The lowest BCUT2D eigenvalue weighted by atomic mass is 9.72. The molecule has 1 N–H and O–H groups in total. The summed E-state index contributed by atoms with van der Waals surface area (Å²) in [6, 6.07) is 6.31. The number of halogens is 3. The van der Waals surface area contributed by atoms with E-state index in [9.17, 15) is 18.3 Å². The van der Waals surface area contributed by atoms with Crippen molar-refractivity contribution in [3.05, 3.63) is 47.7 Å². The van der Waals surface area contributed by atoms with E-state index in [4.69, 9.17) is 0 Å². The normalized spacial score (nSPS) is 26.4. The van der Waals surface area contributed by atoms with Crippen LogP contribution >= 0.6 is 0 Å². The lowest BCUT2D eigenvalue weighted by Gasteiger charge is -2.44. The van der Waals surface area contributed by atoms with E-state index in [1.54, 1.807) is 12.1 Å².